The van der Waals surface area contributed by atoms with Crippen molar-refractivity contribution in [2.24, 2.45) is 0 Å². The molecule has 116 valence electrons. The monoisotopic (exact) mass is 325 g/mol. The van der Waals surface area contributed by atoms with Gasteiger partial charge in [-0.05, 0) is 37.6 Å². The van der Waals surface area contributed by atoms with Gasteiger partial charge >= 0.3 is 0 Å². The highest BCUT2D eigenvalue weighted by Crippen LogP contribution is 2.31. The Morgan fingerprint density at radius 1 is 1.17 bits per heavy atom. The highest BCUT2D eigenvalue weighted by molar-refractivity contribution is 6.35. The molecule has 2 aromatic carbocycles. The van der Waals surface area contributed by atoms with E-state index in [1.165, 1.54) is 6.92 Å². The van der Waals surface area contributed by atoms with E-state index in [9.17, 15) is 4.79 Å². The molecular weight excluding hydrogens is 310 g/mol. The Labute approximate surface area is 139 Å². The van der Waals surface area contributed by atoms with E-state index >= 15 is 0 Å². The first-order valence-corrected chi connectivity index (χ1v) is 7.71. The van der Waals surface area contributed by atoms with E-state index in [1.54, 1.807) is 18.2 Å². The van der Waals surface area contributed by atoms with E-state index in [0.717, 1.165) is 16.6 Å². The maximum Gasteiger partial charge on any atom is 0.163 e. The maximum absolute atomic E-state index is 12.0. The Hall–Kier alpha value is -2.39. The molecule has 3 aromatic rings. The smallest absolute Gasteiger partial charge is 0.163 e. The van der Waals surface area contributed by atoms with Gasteiger partial charge in [0, 0.05) is 11.1 Å². The molecule has 4 heteroatoms. The number of hydrogen-bond acceptors (Lipinski definition) is 3. The lowest BCUT2D eigenvalue weighted by Crippen LogP contribution is -2.02. The standard InChI is InChI=1S/C19H16ClNO2/c1-12-8-17(20)16-10-19(15(13(2)22)9-18(16)21-12)23-11-14-6-4-3-5-7-14/h3-10H,11H2,1-2H3. The summed E-state index contributed by atoms with van der Waals surface area (Å²) in [4.78, 5) is 16.4. The number of benzene rings is 2. The summed E-state index contributed by atoms with van der Waals surface area (Å²) in [5.74, 6) is 0.468. The van der Waals surface area contributed by atoms with E-state index in [-0.39, 0.29) is 5.78 Å². The molecule has 0 saturated heterocycles. The third-order valence-electron chi connectivity index (χ3n) is 3.60. The second kappa shape index (κ2) is 6.39. The summed E-state index contributed by atoms with van der Waals surface area (Å²) in [6, 6.07) is 15.2. The number of aryl methyl sites for hydroxylation is 1. The largest absolute Gasteiger partial charge is 0.488 e. The van der Waals surface area contributed by atoms with Crippen molar-refractivity contribution in [2.45, 2.75) is 20.5 Å². The van der Waals surface area contributed by atoms with Crippen LogP contribution in [0, 0.1) is 6.92 Å². The van der Waals surface area contributed by atoms with Crippen LogP contribution in [0.1, 0.15) is 28.5 Å². The van der Waals surface area contributed by atoms with Crippen LogP contribution in [-0.4, -0.2) is 10.8 Å². The first-order valence-electron chi connectivity index (χ1n) is 7.33. The number of nitrogens with zero attached hydrogens (tertiary/aromatic N) is 1. The number of rotatable bonds is 4. The fourth-order valence-corrected chi connectivity index (χ4v) is 2.77. The van der Waals surface area contributed by atoms with E-state index in [1.807, 2.05) is 37.3 Å². The van der Waals surface area contributed by atoms with Gasteiger partial charge in [-0.25, -0.2) is 0 Å². The van der Waals surface area contributed by atoms with Crippen molar-refractivity contribution in [3.8, 4) is 5.75 Å². The van der Waals surface area contributed by atoms with Gasteiger partial charge in [-0.15, -0.1) is 0 Å². The topological polar surface area (TPSA) is 39.2 Å². The molecule has 0 N–H and O–H groups in total. The van der Waals surface area contributed by atoms with Crippen molar-refractivity contribution in [2.75, 3.05) is 0 Å². The highest BCUT2D eigenvalue weighted by atomic mass is 35.5. The van der Waals surface area contributed by atoms with Crippen molar-refractivity contribution >= 4 is 28.3 Å². The predicted molar refractivity (Wildman–Crippen MR) is 92.3 cm³/mol. The summed E-state index contributed by atoms with van der Waals surface area (Å²) in [6.45, 7) is 3.79. The van der Waals surface area contributed by atoms with Crippen LogP contribution in [-0.2, 0) is 6.61 Å². The lowest BCUT2D eigenvalue weighted by molar-refractivity contribution is 0.101. The van der Waals surface area contributed by atoms with Crippen LogP contribution >= 0.6 is 11.6 Å². The van der Waals surface area contributed by atoms with Crippen LogP contribution < -0.4 is 4.74 Å². The molecule has 0 unspecified atom stereocenters. The highest BCUT2D eigenvalue weighted by Gasteiger charge is 2.13. The van der Waals surface area contributed by atoms with Gasteiger partial charge in [-0.2, -0.15) is 0 Å². The second-order valence-corrected chi connectivity index (χ2v) is 5.85. The van der Waals surface area contributed by atoms with Gasteiger partial charge in [0.05, 0.1) is 16.1 Å². The van der Waals surface area contributed by atoms with Gasteiger partial charge in [0.15, 0.2) is 5.78 Å². The Kier molecular flexibility index (Phi) is 4.30. The number of ketones is 1. The van der Waals surface area contributed by atoms with Gasteiger partial charge in [-0.3, -0.25) is 9.78 Å². The molecule has 0 bridgehead atoms. The minimum Gasteiger partial charge on any atom is -0.488 e. The Bertz CT molecular complexity index is 875. The summed E-state index contributed by atoms with van der Waals surface area (Å²) in [5, 5.41) is 1.39. The normalized spacial score (nSPS) is 10.7. The van der Waals surface area contributed by atoms with E-state index in [0.29, 0.717) is 28.5 Å². The first kappa shape index (κ1) is 15.5. The van der Waals surface area contributed by atoms with Crippen molar-refractivity contribution in [3.63, 3.8) is 0 Å². The number of Topliss-reactive ketones (excluding diaryl/α,β-unsaturated/α-hetero) is 1. The molecule has 0 saturated carbocycles. The fraction of sp³-hybridized carbons (Fsp3) is 0.158. The van der Waals surface area contributed by atoms with E-state index in [2.05, 4.69) is 4.98 Å². The molecule has 0 aliphatic heterocycles. The Morgan fingerprint density at radius 3 is 2.61 bits per heavy atom. The minimum atomic E-state index is -0.0607. The zero-order valence-corrected chi connectivity index (χ0v) is 13.7. The molecule has 0 spiro atoms. The quantitative estimate of drug-likeness (QED) is 0.635. The van der Waals surface area contributed by atoms with Crippen LogP contribution in [0.3, 0.4) is 0 Å². The van der Waals surface area contributed by atoms with Gasteiger partial charge < -0.3 is 4.74 Å². The number of aromatic nitrogens is 1. The zero-order valence-electron chi connectivity index (χ0n) is 13.0. The average Bonchev–Trinajstić information content (AvgIpc) is 2.53. The number of hydrogen-bond donors (Lipinski definition) is 0. The lowest BCUT2D eigenvalue weighted by atomic mass is 10.1. The molecular formula is C19H16ClNO2. The number of ether oxygens (including phenoxy) is 1. The summed E-state index contributed by atoms with van der Waals surface area (Å²) >= 11 is 6.30. The number of halogens is 1. The lowest BCUT2D eigenvalue weighted by Gasteiger charge is -2.12. The molecule has 0 radical (unpaired) electrons. The van der Waals surface area contributed by atoms with Gasteiger partial charge in [-0.1, -0.05) is 41.9 Å². The molecule has 0 aliphatic rings. The molecule has 0 fully saturated rings. The minimum absolute atomic E-state index is 0.0607. The third kappa shape index (κ3) is 3.35. The molecule has 0 atom stereocenters. The third-order valence-corrected chi connectivity index (χ3v) is 3.92. The van der Waals surface area contributed by atoms with Crippen LogP contribution in [0.5, 0.6) is 5.75 Å². The molecule has 3 nitrogen and oxygen atoms in total. The van der Waals surface area contributed by atoms with Crippen LogP contribution in [0.4, 0.5) is 0 Å². The fourth-order valence-electron chi connectivity index (χ4n) is 2.47. The molecule has 0 amide bonds. The average molecular weight is 326 g/mol. The Morgan fingerprint density at radius 2 is 1.91 bits per heavy atom. The van der Waals surface area contributed by atoms with Crippen molar-refractivity contribution in [3.05, 3.63) is 70.4 Å². The summed E-state index contributed by atoms with van der Waals surface area (Å²) in [5.41, 5.74) is 3.07. The van der Waals surface area contributed by atoms with Crippen molar-refractivity contribution in [1.82, 2.24) is 4.98 Å². The second-order valence-electron chi connectivity index (χ2n) is 5.44. The molecule has 3 rings (SSSR count). The summed E-state index contributed by atoms with van der Waals surface area (Å²) in [7, 11) is 0. The van der Waals surface area contributed by atoms with Gasteiger partial charge in [0.25, 0.3) is 0 Å². The predicted octanol–water partition coefficient (Wildman–Crippen LogP) is 4.98. The number of carbonyl (C=O) groups excluding carboxylic acids is 1. The van der Waals surface area contributed by atoms with Crippen LogP contribution in [0.2, 0.25) is 5.02 Å². The summed E-state index contributed by atoms with van der Waals surface area (Å²) < 4.78 is 5.87. The maximum atomic E-state index is 12.0. The zero-order chi connectivity index (χ0) is 16.4. The van der Waals surface area contributed by atoms with Crippen molar-refractivity contribution in [1.29, 1.82) is 0 Å². The van der Waals surface area contributed by atoms with Crippen molar-refractivity contribution < 1.29 is 9.53 Å². The number of fused-ring (bicyclic) bond motifs is 1. The van der Waals surface area contributed by atoms with Gasteiger partial charge in [0.2, 0.25) is 0 Å². The van der Waals surface area contributed by atoms with E-state index in [4.69, 9.17) is 16.3 Å². The van der Waals surface area contributed by atoms with Crippen LogP contribution in [0.15, 0.2) is 48.5 Å². The molecule has 1 heterocycles. The Balaban J connectivity index is 2.03. The first-order chi connectivity index (χ1) is 11.0. The SMILES string of the molecule is CC(=O)c1cc2nc(C)cc(Cl)c2cc1OCc1ccccc1. The molecule has 0 aliphatic carbocycles. The molecule has 23 heavy (non-hydrogen) atoms. The molecule has 1 aromatic heterocycles. The number of pyridine rings is 1. The van der Waals surface area contributed by atoms with Crippen LogP contribution in [0.25, 0.3) is 10.9 Å². The van der Waals surface area contributed by atoms with Gasteiger partial charge in [0.1, 0.15) is 12.4 Å². The number of carbonyl (C=O) groups is 1. The summed E-state index contributed by atoms with van der Waals surface area (Å²) in [6.07, 6.45) is 0. The van der Waals surface area contributed by atoms with E-state index < -0.39 is 0 Å².